The third kappa shape index (κ3) is 3.70. The van der Waals surface area contributed by atoms with Crippen molar-refractivity contribution in [1.82, 2.24) is 20.1 Å². The minimum atomic E-state index is -0.179. The van der Waals surface area contributed by atoms with Crippen LogP contribution in [0.15, 0.2) is 55.1 Å². The molecule has 7 heteroatoms. The van der Waals surface area contributed by atoms with Crippen LogP contribution in [0, 0.1) is 0 Å². The quantitative estimate of drug-likeness (QED) is 0.786. The molecule has 0 aliphatic carbocycles. The van der Waals surface area contributed by atoms with Gasteiger partial charge < -0.3 is 5.32 Å². The van der Waals surface area contributed by atoms with Crippen LogP contribution in [-0.2, 0) is 6.54 Å². The van der Waals surface area contributed by atoms with Gasteiger partial charge in [-0.15, -0.1) is 0 Å². The summed E-state index contributed by atoms with van der Waals surface area (Å²) in [6, 6.07) is 12.3. The monoisotopic (exact) mass is 346 g/mol. The molecule has 3 aromatic rings. The van der Waals surface area contributed by atoms with Crippen molar-refractivity contribution in [2.75, 3.05) is 0 Å². The van der Waals surface area contributed by atoms with Gasteiger partial charge in [0.05, 0.1) is 5.69 Å². The maximum absolute atomic E-state index is 12.2. The van der Waals surface area contributed by atoms with E-state index in [1.807, 2.05) is 0 Å². The Kier molecular flexibility index (Phi) is 4.60. The SMILES string of the molecule is O=C(NCc1ccc(Cl)cc1Cl)c1ccc(-n2cncn2)cc1. The van der Waals surface area contributed by atoms with Gasteiger partial charge in [-0.3, -0.25) is 4.79 Å². The third-order valence-electron chi connectivity index (χ3n) is 3.27. The molecule has 1 heterocycles. The molecule has 1 amide bonds. The van der Waals surface area contributed by atoms with Crippen molar-refractivity contribution in [3.8, 4) is 5.69 Å². The van der Waals surface area contributed by atoms with Crippen LogP contribution in [0.2, 0.25) is 10.0 Å². The number of nitrogens with one attached hydrogen (secondary N) is 1. The number of halogens is 2. The van der Waals surface area contributed by atoms with E-state index in [2.05, 4.69) is 15.4 Å². The van der Waals surface area contributed by atoms with E-state index >= 15 is 0 Å². The number of benzene rings is 2. The number of amides is 1. The summed E-state index contributed by atoms with van der Waals surface area (Å²) in [5.74, 6) is -0.179. The fourth-order valence-corrected chi connectivity index (χ4v) is 2.53. The van der Waals surface area contributed by atoms with Crippen LogP contribution < -0.4 is 5.32 Å². The van der Waals surface area contributed by atoms with Crippen molar-refractivity contribution in [3.05, 3.63) is 76.3 Å². The van der Waals surface area contributed by atoms with Gasteiger partial charge >= 0.3 is 0 Å². The highest BCUT2D eigenvalue weighted by atomic mass is 35.5. The minimum Gasteiger partial charge on any atom is -0.348 e. The number of nitrogens with zero attached hydrogens (tertiary/aromatic N) is 3. The molecule has 0 unspecified atom stereocenters. The fraction of sp³-hybridized carbons (Fsp3) is 0.0625. The lowest BCUT2D eigenvalue weighted by molar-refractivity contribution is 0.0951. The predicted molar refractivity (Wildman–Crippen MR) is 89.0 cm³/mol. The summed E-state index contributed by atoms with van der Waals surface area (Å²) in [7, 11) is 0. The molecule has 0 radical (unpaired) electrons. The van der Waals surface area contributed by atoms with Crippen molar-refractivity contribution < 1.29 is 4.79 Å². The molecule has 0 aliphatic rings. The summed E-state index contributed by atoms with van der Waals surface area (Å²) in [5, 5.41) is 7.95. The highest BCUT2D eigenvalue weighted by Gasteiger charge is 2.08. The highest BCUT2D eigenvalue weighted by molar-refractivity contribution is 6.35. The van der Waals surface area contributed by atoms with Crippen molar-refractivity contribution >= 4 is 29.1 Å². The summed E-state index contributed by atoms with van der Waals surface area (Å²) in [5.41, 5.74) is 2.20. The molecule has 0 aliphatic heterocycles. The lowest BCUT2D eigenvalue weighted by Gasteiger charge is -2.08. The molecule has 0 saturated heterocycles. The summed E-state index contributed by atoms with van der Waals surface area (Å²) in [4.78, 5) is 16.1. The lowest BCUT2D eigenvalue weighted by Crippen LogP contribution is -2.22. The molecule has 5 nitrogen and oxygen atoms in total. The Labute approximate surface area is 142 Å². The van der Waals surface area contributed by atoms with Crippen LogP contribution in [0.1, 0.15) is 15.9 Å². The second-order valence-corrected chi connectivity index (χ2v) is 5.65. The third-order valence-corrected chi connectivity index (χ3v) is 3.85. The van der Waals surface area contributed by atoms with Gasteiger partial charge in [-0.2, -0.15) is 5.10 Å². The highest BCUT2D eigenvalue weighted by Crippen LogP contribution is 2.20. The summed E-state index contributed by atoms with van der Waals surface area (Å²) < 4.78 is 1.62. The molecule has 1 N–H and O–H groups in total. The Bertz CT molecular complexity index is 817. The topological polar surface area (TPSA) is 59.8 Å². The first-order chi connectivity index (χ1) is 11.1. The second-order valence-electron chi connectivity index (χ2n) is 4.81. The number of hydrogen-bond acceptors (Lipinski definition) is 3. The first-order valence-corrected chi connectivity index (χ1v) is 7.56. The van der Waals surface area contributed by atoms with Gasteiger partial charge in [-0.25, -0.2) is 9.67 Å². The van der Waals surface area contributed by atoms with Crippen LogP contribution in [-0.4, -0.2) is 20.7 Å². The van der Waals surface area contributed by atoms with E-state index in [9.17, 15) is 4.79 Å². The van der Waals surface area contributed by atoms with Gasteiger partial charge in [0.25, 0.3) is 5.91 Å². The Morgan fingerprint density at radius 3 is 2.57 bits per heavy atom. The van der Waals surface area contributed by atoms with Crippen molar-refractivity contribution in [2.24, 2.45) is 0 Å². The predicted octanol–water partition coefficient (Wildman–Crippen LogP) is 3.50. The Morgan fingerprint density at radius 2 is 1.91 bits per heavy atom. The maximum Gasteiger partial charge on any atom is 0.251 e. The standard InChI is InChI=1S/C16H12Cl2N4O/c17-13-4-1-12(15(18)7-13)8-20-16(23)11-2-5-14(6-3-11)22-10-19-9-21-22/h1-7,9-10H,8H2,(H,20,23). The average molecular weight is 347 g/mol. The average Bonchev–Trinajstić information content (AvgIpc) is 3.08. The zero-order valence-corrected chi connectivity index (χ0v) is 13.4. The molecule has 23 heavy (non-hydrogen) atoms. The largest absolute Gasteiger partial charge is 0.348 e. The van der Waals surface area contributed by atoms with Crippen LogP contribution >= 0.6 is 23.2 Å². The van der Waals surface area contributed by atoms with Gasteiger partial charge in [0.1, 0.15) is 12.7 Å². The first-order valence-electron chi connectivity index (χ1n) is 6.80. The Hall–Kier alpha value is -2.37. The number of hydrogen-bond donors (Lipinski definition) is 1. The smallest absolute Gasteiger partial charge is 0.251 e. The second kappa shape index (κ2) is 6.81. The van der Waals surface area contributed by atoms with Gasteiger partial charge in [-0.1, -0.05) is 29.3 Å². The van der Waals surface area contributed by atoms with Gasteiger partial charge in [0, 0.05) is 22.2 Å². The maximum atomic E-state index is 12.2. The van der Waals surface area contributed by atoms with Crippen LogP contribution in [0.5, 0.6) is 0 Å². The minimum absolute atomic E-state index is 0.179. The summed E-state index contributed by atoms with van der Waals surface area (Å²) in [6.07, 6.45) is 3.05. The molecular weight excluding hydrogens is 335 g/mol. The molecule has 1 aromatic heterocycles. The van der Waals surface area contributed by atoms with E-state index in [0.717, 1.165) is 11.3 Å². The molecule has 0 spiro atoms. The molecule has 116 valence electrons. The molecule has 0 bridgehead atoms. The van der Waals surface area contributed by atoms with Gasteiger partial charge in [-0.05, 0) is 42.0 Å². The van der Waals surface area contributed by atoms with E-state index in [0.29, 0.717) is 22.2 Å². The normalized spacial score (nSPS) is 10.5. The van der Waals surface area contributed by atoms with Crippen LogP contribution in [0.25, 0.3) is 5.69 Å². The summed E-state index contributed by atoms with van der Waals surface area (Å²) in [6.45, 7) is 0.333. The van der Waals surface area contributed by atoms with Gasteiger partial charge in [0.2, 0.25) is 0 Å². The fourth-order valence-electron chi connectivity index (χ4n) is 2.05. The zero-order chi connectivity index (χ0) is 16.2. The van der Waals surface area contributed by atoms with Crippen molar-refractivity contribution in [1.29, 1.82) is 0 Å². The Morgan fingerprint density at radius 1 is 1.13 bits per heavy atom. The van der Waals surface area contributed by atoms with Gasteiger partial charge in [0.15, 0.2) is 0 Å². The van der Waals surface area contributed by atoms with Crippen molar-refractivity contribution in [3.63, 3.8) is 0 Å². The van der Waals surface area contributed by atoms with Crippen molar-refractivity contribution in [2.45, 2.75) is 6.54 Å². The molecule has 2 aromatic carbocycles. The number of carbonyl (C=O) groups is 1. The molecule has 0 saturated carbocycles. The van der Waals surface area contributed by atoms with E-state index in [-0.39, 0.29) is 5.91 Å². The Balaban J connectivity index is 1.66. The molecule has 3 rings (SSSR count). The number of rotatable bonds is 4. The number of aromatic nitrogens is 3. The van der Waals surface area contributed by atoms with Crippen LogP contribution in [0.4, 0.5) is 0 Å². The van der Waals surface area contributed by atoms with E-state index in [1.54, 1.807) is 53.5 Å². The van der Waals surface area contributed by atoms with E-state index < -0.39 is 0 Å². The zero-order valence-electron chi connectivity index (χ0n) is 11.9. The molecule has 0 fully saturated rings. The molecule has 0 atom stereocenters. The van der Waals surface area contributed by atoms with Crippen LogP contribution in [0.3, 0.4) is 0 Å². The number of carbonyl (C=O) groups excluding carboxylic acids is 1. The van der Waals surface area contributed by atoms with E-state index in [1.165, 1.54) is 6.33 Å². The molecular formula is C16H12Cl2N4O. The summed E-state index contributed by atoms with van der Waals surface area (Å²) >= 11 is 11.9. The van der Waals surface area contributed by atoms with E-state index in [4.69, 9.17) is 23.2 Å². The first kappa shape index (κ1) is 15.5. The lowest BCUT2D eigenvalue weighted by atomic mass is 10.1.